The first-order valence-corrected chi connectivity index (χ1v) is 5.39. The maximum Gasteiger partial charge on any atom is 0.256 e. The molecule has 1 heterocycles. The van der Waals surface area contributed by atoms with Gasteiger partial charge < -0.3 is 5.73 Å². The van der Waals surface area contributed by atoms with E-state index in [0.717, 1.165) is 11.1 Å². The number of benzene rings is 1. The van der Waals surface area contributed by atoms with E-state index in [2.05, 4.69) is 9.97 Å². The molecular weight excluding hydrogens is 214 g/mol. The van der Waals surface area contributed by atoms with Crippen molar-refractivity contribution in [3.8, 4) is 0 Å². The Labute approximate surface area is 97.8 Å². The Bertz CT molecular complexity index is 656. The molecule has 1 aliphatic rings. The van der Waals surface area contributed by atoms with Gasteiger partial charge in [-0.1, -0.05) is 30.3 Å². The van der Waals surface area contributed by atoms with Gasteiger partial charge in [0, 0.05) is 12.0 Å². The van der Waals surface area contributed by atoms with Crippen LogP contribution >= 0.6 is 0 Å². The topological polar surface area (TPSA) is 71.8 Å². The summed E-state index contributed by atoms with van der Waals surface area (Å²) in [6.07, 6.45) is 2.54. The van der Waals surface area contributed by atoms with Crippen molar-refractivity contribution in [1.82, 2.24) is 9.97 Å². The third-order valence-electron chi connectivity index (χ3n) is 2.89. The van der Waals surface area contributed by atoms with Crippen LogP contribution in [-0.4, -0.2) is 9.97 Å². The number of aromatic amines is 1. The van der Waals surface area contributed by atoms with Gasteiger partial charge in [0.1, 0.15) is 0 Å². The molecule has 1 aromatic heterocycles. The van der Waals surface area contributed by atoms with Gasteiger partial charge in [-0.05, 0) is 17.2 Å². The van der Waals surface area contributed by atoms with Gasteiger partial charge >= 0.3 is 0 Å². The normalized spacial score (nSPS) is 13.3. The van der Waals surface area contributed by atoms with Crippen LogP contribution in [0.25, 0.3) is 11.6 Å². The molecular formula is C13H11N3O. The summed E-state index contributed by atoms with van der Waals surface area (Å²) in [6, 6.07) is 9.97. The number of nitrogens with one attached hydrogen (secondary N) is 1. The van der Waals surface area contributed by atoms with Gasteiger partial charge in [-0.3, -0.25) is 9.78 Å². The Morgan fingerprint density at radius 3 is 2.76 bits per heavy atom. The fraction of sp³-hybridized carbons (Fsp3) is 0.0769. The molecule has 4 nitrogen and oxygen atoms in total. The standard InChI is InChI=1S/C13H11N3O/c14-13-15-11-7-9(6-10(11)12(17)16-13)8-4-2-1-3-5-8/h1-5,7H,6H2,(H3,14,15,16,17). The van der Waals surface area contributed by atoms with Gasteiger partial charge in [-0.15, -0.1) is 0 Å². The maximum atomic E-state index is 11.7. The van der Waals surface area contributed by atoms with Crippen molar-refractivity contribution in [2.45, 2.75) is 6.42 Å². The predicted molar refractivity (Wildman–Crippen MR) is 67.3 cm³/mol. The van der Waals surface area contributed by atoms with Crippen molar-refractivity contribution in [3.63, 3.8) is 0 Å². The van der Waals surface area contributed by atoms with Crippen LogP contribution in [0.3, 0.4) is 0 Å². The van der Waals surface area contributed by atoms with Crippen molar-refractivity contribution in [2.75, 3.05) is 5.73 Å². The highest BCUT2D eigenvalue weighted by atomic mass is 16.1. The first-order chi connectivity index (χ1) is 8.24. The number of nitrogens with zero attached hydrogens (tertiary/aromatic N) is 1. The largest absolute Gasteiger partial charge is 0.369 e. The van der Waals surface area contributed by atoms with Crippen molar-refractivity contribution >= 4 is 17.6 Å². The molecule has 4 heteroatoms. The zero-order valence-corrected chi connectivity index (χ0v) is 9.10. The highest BCUT2D eigenvalue weighted by molar-refractivity contribution is 5.87. The quantitative estimate of drug-likeness (QED) is 0.771. The number of anilines is 1. The van der Waals surface area contributed by atoms with Gasteiger partial charge in [0.05, 0.1) is 5.69 Å². The van der Waals surface area contributed by atoms with Crippen LogP contribution in [0.1, 0.15) is 16.8 Å². The molecule has 3 rings (SSSR count). The minimum absolute atomic E-state index is 0.144. The number of aromatic nitrogens is 2. The highest BCUT2D eigenvalue weighted by Gasteiger charge is 2.18. The van der Waals surface area contributed by atoms with Gasteiger partial charge in [-0.25, -0.2) is 4.98 Å². The number of allylic oxidation sites excluding steroid dienone is 1. The molecule has 0 amide bonds. The Morgan fingerprint density at radius 1 is 1.24 bits per heavy atom. The van der Waals surface area contributed by atoms with Gasteiger partial charge in [-0.2, -0.15) is 0 Å². The lowest BCUT2D eigenvalue weighted by atomic mass is 10.0. The minimum Gasteiger partial charge on any atom is -0.369 e. The monoisotopic (exact) mass is 225 g/mol. The molecule has 17 heavy (non-hydrogen) atoms. The van der Waals surface area contributed by atoms with E-state index in [-0.39, 0.29) is 11.5 Å². The third kappa shape index (κ3) is 1.63. The van der Waals surface area contributed by atoms with E-state index in [1.807, 2.05) is 36.4 Å². The molecule has 0 saturated carbocycles. The number of hydrogen-bond acceptors (Lipinski definition) is 3. The molecule has 0 fully saturated rings. The maximum absolute atomic E-state index is 11.7. The molecule has 0 spiro atoms. The van der Waals surface area contributed by atoms with E-state index in [9.17, 15) is 4.79 Å². The highest BCUT2D eigenvalue weighted by Crippen LogP contribution is 2.28. The third-order valence-corrected chi connectivity index (χ3v) is 2.89. The van der Waals surface area contributed by atoms with Crippen molar-refractivity contribution in [1.29, 1.82) is 0 Å². The molecule has 0 saturated heterocycles. The fourth-order valence-electron chi connectivity index (χ4n) is 2.07. The first-order valence-electron chi connectivity index (χ1n) is 5.39. The smallest absolute Gasteiger partial charge is 0.256 e. The van der Waals surface area contributed by atoms with Crippen LogP contribution in [0, 0.1) is 0 Å². The molecule has 0 bridgehead atoms. The van der Waals surface area contributed by atoms with Crippen LogP contribution in [0.5, 0.6) is 0 Å². The summed E-state index contributed by atoms with van der Waals surface area (Å²) in [7, 11) is 0. The molecule has 0 unspecified atom stereocenters. The van der Waals surface area contributed by atoms with Crippen molar-refractivity contribution < 1.29 is 0 Å². The van der Waals surface area contributed by atoms with E-state index in [4.69, 9.17) is 5.73 Å². The van der Waals surface area contributed by atoms with Crippen LogP contribution in [0.15, 0.2) is 35.1 Å². The summed E-state index contributed by atoms with van der Waals surface area (Å²) in [5.74, 6) is 0.166. The van der Waals surface area contributed by atoms with E-state index in [1.54, 1.807) is 0 Å². The lowest BCUT2D eigenvalue weighted by Gasteiger charge is -2.00. The van der Waals surface area contributed by atoms with Gasteiger partial charge in [0.25, 0.3) is 5.56 Å². The van der Waals surface area contributed by atoms with Crippen LogP contribution in [-0.2, 0) is 6.42 Å². The SMILES string of the molecule is Nc1nc2c(c(=O)[nH]1)CC(c1ccccc1)=C2. The van der Waals surface area contributed by atoms with Gasteiger partial charge in [0.2, 0.25) is 5.95 Å². The number of fused-ring (bicyclic) bond motifs is 1. The van der Waals surface area contributed by atoms with E-state index in [1.165, 1.54) is 0 Å². The second kappa shape index (κ2) is 3.59. The summed E-state index contributed by atoms with van der Waals surface area (Å²) in [6.45, 7) is 0. The Morgan fingerprint density at radius 2 is 2.00 bits per heavy atom. The van der Waals surface area contributed by atoms with Crippen LogP contribution in [0.2, 0.25) is 0 Å². The summed E-state index contributed by atoms with van der Waals surface area (Å²) in [5, 5.41) is 0. The van der Waals surface area contributed by atoms with Crippen LogP contribution < -0.4 is 11.3 Å². The predicted octanol–water partition coefficient (Wildman–Crippen LogP) is 1.45. The average Bonchev–Trinajstić information content (AvgIpc) is 2.74. The summed E-state index contributed by atoms with van der Waals surface area (Å²) in [4.78, 5) is 18.4. The van der Waals surface area contributed by atoms with E-state index in [0.29, 0.717) is 17.7 Å². The molecule has 0 atom stereocenters. The summed E-state index contributed by atoms with van der Waals surface area (Å²) < 4.78 is 0. The Balaban J connectivity index is 2.09. The molecule has 84 valence electrons. The Hall–Kier alpha value is -2.36. The number of rotatable bonds is 1. The molecule has 0 radical (unpaired) electrons. The van der Waals surface area contributed by atoms with Gasteiger partial charge in [0.15, 0.2) is 0 Å². The van der Waals surface area contributed by atoms with E-state index < -0.39 is 0 Å². The molecule has 2 aromatic rings. The van der Waals surface area contributed by atoms with E-state index >= 15 is 0 Å². The zero-order valence-electron chi connectivity index (χ0n) is 9.10. The average molecular weight is 225 g/mol. The lowest BCUT2D eigenvalue weighted by Crippen LogP contribution is -2.16. The Kier molecular flexibility index (Phi) is 2.08. The van der Waals surface area contributed by atoms with Crippen molar-refractivity contribution in [2.24, 2.45) is 0 Å². The molecule has 3 N–H and O–H groups in total. The number of H-pyrrole nitrogens is 1. The summed E-state index contributed by atoms with van der Waals surface area (Å²) >= 11 is 0. The second-order valence-electron chi connectivity index (χ2n) is 4.03. The zero-order chi connectivity index (χ0) is 11.8. The summed E-state index contributed by atoms with van der Waals surface area (Å²) in [5.41, 5.74) is 8.97. The van der Waals surface area contributed by atoms with Crippen molar-refractivity contribution in [3.05, 3.63) is 57.5 Å². The minimum atomic E-state index is -0.144. The molecule has 1 aromatic carbocycles. The molecule has 0 aliphatic heterocycles. The number of hydrogen-bond donors (Lipinski definition) is 2. The lowest BCUT2D eigenvalue weighted by molar-refractivity contribution is 1.07. The fourth-order valence-corrected chi connectivity index (χ4v) is 2.07. The molecule has 1 aliphatic carbocycles. The number of nitrogen functional groups attached to an aromatic ring is 1. The first kappa shape index (κ1) is 9.84. The second-order valence-corrected chi connectivity index (χ2v) is 4.03. The number of nitrogens with two attached hydrogens (primary N) is 1. The van der Waals surface area contributed by atoms with Crippen LogP contribution in [0.4, 0.5) is 5.95 Å².